The molecular weight excluding hydrogens is 362 g/mol. The second-order valence-electron chi connectivity index (χ2n) is 7.65. The molecule has 1 unspecified atom stereocenters. The van der Waals surface area contributed by atoms with Gasteiger partial charge in [0.25, 0.3) is 5.91 Å². The molecule has 1 aromatic heterocycles. The number of carbonyl (C=O) groups is 2. The number of nitrogens with zero attached hydrogens (tertiary/aromatic N) is 4. The zero-order valence-electron chi connectivity index (χ0n) is 17.0. The molecule has 9 nitrogen and oxygen atoms in total. The maximum absolute atomic E-state index is 12.3. The first-order valence-corrected chi connectivity index (χ1v) is 9.95. The van der Waals surface area contributed by atoms with Crippen LogP contribution >= 0.6 is 0 Å². The van der Waals surface area contributed by atoms with Crippen molar-refractivity contribution in [3.63, 3.8) is 0 Å². The maximum atomic E-state index is 12.3. The Hall–Kier alpha value is -2.13. The smallest absolute Gasteiger partial charge is 0.319 e. The number of aromatic nitrogens is 1. The van der Waals surface area contributed by atoms with Gasteiger partial charge in [0.2, 0.25) is 0 Å². The summed E-state index contributed by atoms with van der Waals surface area (Å²) in [5.41, 5.74) is 0.304. The number of hydrogen-bond donors (Lipinski definition) is 1. The van der Waals surface area contributed by atoms with E-state index in [1.807, 2.05) is 4.90 Å². The van der Waals surface area contributed by atoms with Crippen LogP contribution in [0.1, 0.15) is 35.6 Å². The Labute approximate surface area is 166 Å². The summed E-state index contributed by atoms with van der Waals surface area (Å²) in [7, 11) is 3.57. The van der Waals surface area contributed by atoms with E-state index in [1.165, 1.54) is 6.26 Å². The van der Waals surface area contributed by atoms with Crippen LogP contribution in [-0.4, -0.2) is 97.2 Å². The largest absolute Gasteiger partial charge is 0.448 e. The number of nitrogens with one attached hydrogen (secondary N) is 1. The number of likely N-dealkylation sites (tertiary alicyclic amines) is 1. The summed E-state index contributed by atoms with van der Waals surface area (Å²) >= 11 is 0. The van der Waals surface area contributed by atoms with Crippen molar-refractivity contribution in [2.45, 2.75) is 38.3 Å². The highest BCUT2D eigenvalue weighted by atomic mass is 16.5. The molecule has 0 aliphatic carbocycles. The van der Waals surface area contributed by atoms with Crippen LogP contribution in [0, 0.1) is 6.92 Å². The van der Waals surface area contributed by atoms with Gasteiger partial charge in [-0.2, -0.15) is 0 Å². The van der Waals surface area contributed by atoms with E-state index >= 15 is 0 Å². The Kier molecular flexibility index (Phi) is 6.90. The summed E-state index contributed by atoms with van der Waals surface area (Å²) in [4.78, 5) is 34.6. The van der Waals surface area contributed by atoms with Crippen molar-refractivity contribution in [3.05, 3.63) is 17.8 Å². The third-order valence-electron chi connectivity index (χ3n) is 5.45. The van der Waals surface area contributed by atoms with Gasteiger partial charge in [0.1, 0.15) is 6.26 Å². The molecule has 1 N–H and O–H groups in total. The summed E-state index contributed by atoms with van der Waals surface area (Å²) in [5, 5.41) is 2.93. The predicted octanol–water partition coefficient (Wildman–Crippen LogP) is 0.950. The van der Waals surface area contributed by atoms with Crippen molar-refractivity contribution >= 4 is 11.9 Å². The van der Waals surface area contributed by atoms with Crippen LogP contribution < -0.4 is 5.32 Å². The van der Waals surface area contributed by atoms with Crippen LogP contribution in [0.25, 0.3) is 0 Å². The topological polar surface area (TPSA) is 91.2 Å². The molecule has 0 bridgehead atoms. The molecule has 3 heterocycles. The zero-order chi connectivity index (χ0) is 20.1. The lowest BCUT2D eigenvalue weighted by Crippen LogP contribution is -2.50. The van der Waals surface area contributed by atoms with Crippen molar-refractivity contribution in [1.29, 1.82) is 0 Å². The Balaban J connectivity index is 1.58. The minimum absolute atomic E-state index is 0.0594. The first-order chi connectivity index (χ1) is 13.5. The van der Waals surface area contributed by atoms with E-state index in [1.54, 1.807) is 25.9 Å². The summed E-state index contributed by atoms with van der Waals surface area (Å²) in [6.07, 6.45) is 4.29. The number of oxazole rings is 1. The third kappa shape index (κ3) is 5.02. The number of urea groups is 1. The van der Waals surface area contributed by atoms with Gasteiger partial charge in [-0.05, 0) is 19.3 Å². The SMILES string of the molecule is Cc1nc(C(=O)NCCN(C2CCOCC2)C2CCN(C(=O)N(C)C)C2)co1. The van der Waals surface area contributed by atoms with Gasteiger partial charge in [0.15, 0.2) is 11.6 Å². The van der Waals surface area contributed by atoms with Gasteiger partial charge in [-0.25, -0.2) is 9.78 Å². The number of rotatable bonds is 6. The minimum Gasteiger partial charge on any atom is -0.448 e. The van der Waals surface area contributed by atoms with Crippen molar-refractivity contribution in [3.8, 4) is 0 Å². The van der Waals surface area contributed by atoms with Crippen LogP contribution in [0.4, 0.5) is 4.79 Å². The summed E-state index contributed by atoms with van der Waals surface area (Å²) in [6.45, 7) is 6.00. The van der Waals surface area contributed by atoms with Gasteiger partial charge in [-0.15, -0.1) is 0 Å². The van der Waals surface area contributed by atoms with Gasteiger partial charge in [-0.3, -0.25) is 9.69 Å². The molecule has 0 radical (unpaired) electrons. The van der Waals surface area contributed by atoms with Gasteiger partial charge < -0.3 is 24.3 Å². The molecule has 9 heteroatoms. The summed E-state index contributed by atoms with van der Waals surface area (Å²) < 4.78 is 10.6. The van der Waals surface area contributed by atoms with E-state index in [2.05, 4.69) is 15.2 Å². The standard InChI is InChI=1S/C19H31N5O4/c1-14-21-17(13-28-14)18(25)20-7-9-24(15-5-10-27-11-6-15)16-4-8-23(12-16)19(26)22(2)3/h13,15-16H,4-12H2,1-3H3,(H,20,25). The van der Waals surface area contributed by atoms with E-state index in [0.717, 1.165) is 52.1 Å². The molecule has 0 spiro atoms. The van der Waals surface area contributed by atoms with Crippen molar-refractivity contribution in [2.75, 3.05) is 53.5 Å². The Morgan fingerprint density at radius 1 is 1.25 bits per heavy atom. The Morgan fingerprint density at radius 2 is 2.00 bits per heavy atom. The molecule has 2 fully saturated rings. The second-order valence-corrected chi connectivity index (χ2v) is 7.65. The first-order valence-electron chi connectivity index (χ1n) is 9.95. The van der Waals surface area contributed by atoms with Crippen LogP contribution in [0.2, 0.25) is 0 Å². The van der Waals surface area contributed by atoms with E-state index in [4.69, 9.17) is 9.15 Å². The maximum Gasteiger partial charge on any atom is 0.319 e. The van der Waals surface area contributed by atoms with Crippen molar-refractivity contribution in [1.82, 2.24) is 25.0 Å². The fraction of sp³-hybridized carbons (Fsp3) is 0.737. The monoisotopic (exact) mass is 393 g/mol. The average molecular weight is 393 g/mol. The lowest BCUT2D eigenvalue weighted by Gasteiger charge is -2.38. The van der Waals surface area contributed by atoms with Gasteiger partial charge in [0, 0.05) is 72.5 Å². The molecule has 0 aromatic carbocycles. The third-order valence-corrected chi connectivity index (χ3v) is 5.45. The molecule has 1 atom stereocenters. The van der Waals surface area contributed by atoms with Crippen LogP contribution in [0.5, 0.6) is 0 Å². The molecule has 2 saturated heterocycles. The predicted molar refractivity (Wildman–Crippen MR) is 103 cm³/mol. The van der Waals surface area contributed by atoms with Crippen LogP contribution in [0.3, 0.4) is 0 Å². The summed E-state index contributed by atoms with van der Waals surface area (Å²) in [6, 6.07) is 0.779. The van der Waals surface area contributed by atoms with E-state index in [-0.39, 0.29) is 11.9 Å². The Morgan fingerprint density at radius 3 is 2.64 bits per heavy atom. The molecule has 3 rings (SSSR count). The lowest BCUT2D eigenvalue weighted by molar-refractivity contribution is 0.0188. The van der Waals surface area contributed by atoms with Gasteiger partial charge in [-0.1, -0.05) is 0 Å². The lowest BCUT2D eigenvalue weighted by atomic mass is 10.0. The van der Waals surface area contributed by atoms with E-state index in [0.29, 0.717) is 30.2 Å². The van der Waals surface area contributed by atoms with Crippen molar-refractivity contribution in [2.24, 2.45) is 0 Å². The minimum atomic E-state index is -0.223. The molecule has 156 valence electrons. The van der Waals surface area contributed by atoms with Crippen LogP contribution in [0.15, 0.2) is 10.7 Å². The van der Waals surface area contributed by atoms with Gasteiger partial charge in [0.05, 0.1) is 0 Å². The quantitative estimate of drug-likeness (QED) is 0.774. The highest BCUT2D eigenvalue weighted by molar-refractivity contribution is 5.91. The summed E-state index contributed by atoms with van der Waals surface area (Å²) in [5.74, 6) is 0.255. The average Bonchev–Trinajstić information content (AvgIpc) is 3.34. The fourth-order valence-electron chi connectivity index (χ4n) is 4.01. The number of aryl methyl sites for hydroxylation is 1. The van der Waals surface area contributed by atoms with Gasteiger partial charge >= 0.3 is 6.03 Å². The number of hydrogen-bond acceptors (Lipinski definition) is 6. The molecular formula is C19H31N5O4. The molecule has 2 aliphatic rings. The first kappa shape index (κ1) is 20.6. The molecule has 1 aromatic rings. The van der Waals surface area contributed by atoms with Crippen molar-refractivity contribution < 1.29 is 18.7 Å². The zero-order valence-corrected chi connectivity index (χ0v) is 17.0. The molecule has 0 saturated carbocycles. The normalized spacial score (nSPS) is 20.6. The number of amides is 3. The van der Waals surface area contributed by atoms with E-state index in [9.17, 15) is 9.59 Å². The molecule has 3 amide bonds. The van der Waals surface area contributed by atoms with Crippen LogP contribution in [-0.2, 0) is 4.74 Å². The number of ether oxygens (including phenoxy) is 1. The molecule has 2 aliphatic heterocycles. The molecule has 28 heavy (non-hydrogen) atoms. The number of carbonyl (C=O) groups excluding carboxylic acids is 2. The second kappa shape index (κ2) is 9.38. The van der Waals surface area contributed by atoms with E-state index < -0.39 is 0 Å². The highest BCUT2D eigenvalue weighted by Gasteiger charge is 2.34. The fourth-order valence-corrected chi connectivity index (χ4v) is 4.01. The Bertz CT molecular complexity index is 671. The highest BCUT2D eigenvalue weighted by Crippen LogP contribution is 2.23.